The zero-order valence-corrected chi connectivity index (χ0v) is 11.2. The monoisotopic (exact) mass is 251 g/mol. The number of rotatable bonds is 7. The lowest BCUT2D eigenvalue weighted by Crippen LogP contribution is -1.87. The van der Waals surface area contributed by atoms with Gasteiger partial charge in [-0.05, 0) is 54.5 Å². The van der Waals surface area contributed by atoms with Crippen LogP contribution in [0.1, 0.15) is 25.3 Å². The maximum atomic E-state index is 8.39. The van der Waals surface area contributed by atoms with Gasteiger partial charge in [0.15, 0.2) is 0 Å². The minimum Gasteiger partial charge on any atom is -0.185 e. The zero-order chi connectivity index (χ0) is 11.6. The average molecular weight is 251 g/mol. The number of nitrogens with zero attached hydrogens (tertiary/aromatic N) is 1. The summed E-state index contributed by atoms with van der Waals surface area (Å²) in [5.74, 6) is 2.13. The Balaban J connectivity index is 2.31. The second-order valence-electron chi connectivity index (χ2n) is 3.54. The van der Waals surface area contributed by atoms with Gasteiger partial charge in [-0.25, -0.2) is 0 Å². The van der Waals surface area contributed by atoms with Crippen molar-refractivity contribution in [1.29, 1.82) is 5.26 Å². The molecule has 0 saturated carbocycles. The Morgan fingerprint density at radius 3 is 2.56 bits per heavy atom. The Kier molecular flexibility index (Phi) is 7.20. The van der Waals surface area contributed by atoms with E-state index in [2.05, 4.69) is 36.6 Å². The number of hydrogen-bond acceptors (Lipinski definition) is 3. The van der Waals surface area contributed by atoms with Gasteiger partial charge >= 0.3 is 0 Å². The Labute approximate surface area is 107 Å². The molecule has 0 radical (unpaired) electrons. The van der Waals surface area contributed by atoms with Crippen molar-refractivity contribution in [2.75, 3.05) is 11.5 Å². The minimum absolute atomic E-state index is 0.933. The molecular formula is C13H17NS2. The number of nitriles is 1. The molecule has 0 spiro atoms. The first-order valence-electron chi connectivity index (χ1n) is 5.59. The van der Waals surface area contributed by atoms with E-state index in [1.165, 1.54) is 34.4 Å². The number of thioether (sulfide) groups is 2. The van der Waals surface area contributed by atoms with Crippen LogP contribution in [-0.4, -0.2) is 11.5 Å². The Hall–Kier alpha value is -0.590. The molecule has 1 nitrogen and oxygen atoms in total. The van der Waals surface area contributed by atoms with Crippen LogP contribution >= 0.6 is 23.5 Å². The summed E-state index contributed by atoms with van der Waals surface area (Å²) in [7, 11) is 0. The fraction of sp³-hybridized carbons (Fsp3) is 0.462. The predicted octanol–water partition coefficient (Wildman–Crippen LogP) is 4.34. The highest BCUT2D eigenvalue weighted by Gasteiger charge is 1.96. The number of thiocyanates is 1. The standard InChI is InChI=1S/C13H17NS2/c1-2-9-16-13-7-5-12(6-8-13)4-3-10-15-11-14/h5-8H,2-4,9-10H2,1H3. The van der Waals surface area contributed by atoms with Crippen LogP contribution in [-0.2, 0) is 6.42 Å². The largest absolute Gasteiger partial charge is 0.185 e. The van der Waals surface area contributed by atoms with Gasteiger partial charge in [-0.1, -0.05) is 19.1 Å². The van der Waals surface area contributed by atoms with Crippen LogP contribution < -0.4 is 0 Å². The molecule has 0 aromatic heterocycles. The van der Waals surface area contributed by atoms with Crippen molar-refractivity contribution >= 4 is 23.5 Å². The molecule has 0 bridgehead atoms. The van der Waals surface area contributed by atoms with Gasteiger partial charge < -0.3 is 0 Å². The molecule has 0 aliphatic heterocycles. The van der Waals surface area contributed by atoms with E-state index in [9.17, 15) is 0 Å². The summed E-state index contributed by atoms with van der Waals surface area (Å²) >= 11 is 3.26. The molecule has 3 heteroatoms. The van der Waals surface area contributed by atoms with E-state index in [-0.39, 0.29) is 0 Å². The molecule has 0 N–H and O–H groups in total. The molecule has 1 aromatic carbocycles. The third-order valence-corrected chi connectivity index (χ3v) is 4.01. The summed E-state index contributed by atoms with van der Waals surface area (Å²) < 4.78 is 0. The molecule has 0 saturated heterocycles. The van der Waals surface area contributed by atoms with Crippen molar-refractivity contribution in [3.8, 4) is 5.40 Å². The third kappa shape index (κ3) is 5.48. The van der Waals surface area contributed by atoms with Gasteiger partial charge in [0.25, 0.3) is 0 Å². The summed E-state index contributed by atoms with van der Waals surface area (Å²) in [6.45, 7) is 2.20. The fourth-order valence-corrected chi connectivity index (χ4v) is 2.51. The second-order valence-corrected chi connectivity index (χ2v) is 5.58. The topological polar surface area (TPSA) is 23.8 Å². The highest BCUT2D eigenvalue weighted by molar-refractivity contribution is 8.03. The van der Waals surface area contributed by atoms with Gasteiger partial charge in [0.2, 0.25) is 0 Å². The summed E-state index contributed by atoms with van der Waals surface area (Å²) in [6.07, 6.45) is 3.38. The lowest BCUT2D eigenvalue weighted by atomic mass is 10.1. The first kappa shape index (κ1) is 13.5. The van der Waals surface area contributed by atoms with Crippen molar-refractivity contribution < 1.29 is 0 Å². The lowest BCUT2D eigenvalue weighted by molar-refractivity contribution is 0.933. The maximum absolute atomic E-state index is 8.39. The zero-order valence-electron chi connectivity index (χ0n) is 9.61. The van der Waals surface area contributed by atoms with Crippen molar-refractivity contribution in [2.45, 2.75) is 31.1 Å². The summed E-state index contributed by atoms with van der Waals surface area (Å²) in [4.78, 5) is 1.36. The highest BCUT2D eigenvalue weighted by atomic mass is 32.2. The van der Waals surface area contributed by atoms with Gasteiger partial charge in [-0.3, -0.25) is 0 Å². The lowest BCUT2D eigenvalue weighted by Gasteiger charge is -2.02. The first-order chi connectivity index (χ1) is 7.86. The average Bonchev–Trinajstić information content (AvgIpc) is 2.33. The molecule has 0 atom stereocenters. The molecule has 16 heavy (non-hydrogen) atoms. The van der Waals surface area contributed by atoms with E-state index in [1.807, 2.05) is 11.8 Å². The molecule has 0 amide bonds. The van der Waals surface area contributed by atoms with E-state index < -0.39 is 0 Å². The van der Waals surface area contributed by atoms with Crippen molar-refractivity contribution in [3.63, 3.8) is 0 Å². The Morgan fingerprint density at radius 2 is 1.94 bits per heavy atom. The van der Waals surface area contributed by atoms with Gasteiger partial charge in [0, 0.05) is 10.6 Å². The normalized spacial score (nSPS) is 10.0. The Morgan fingerprint density at radius 1 is 1.19 bits per heavy atom. The van der Waals surface area contributed by atoms with Gasteiger partial charge in [0.1, 0.15) is 5.40 Å². The van der Waals surface area contributed by atoms with Crippen molar-refractivity contribution in [1.82, 2.24) is 0 Å². The van der Waals surface area contributed by atoms with Gasteiger partial charge in [-0.15, -0.1) is 11.8 Å². The molecular weight excluding hydrogens is 234 g/mol. The minimum atomic E-state index is 0.933. The second kappa shape index (κ2) is 8.55. The molecule has 0 fully saturated rings. The third-order valence-electron chi connectivity index (χ3n) is 2.17. The van der Waals surface area contributed by atoms with Crippen LogP contribution in [0.2, 0.25) is 0 Å². The first-order valence-corrected chi connectivity index (χ1v) is 7.56. The molecule has 0 aliphatic rings. The Bertz CT molecular complexity index is 327. The summed E-state index contributed by atoms with van der Waals surface area (Å²) in [5, 5.41) is 10.5. The fourth-order valence-electron chi connectivity index (χ4n) is 1.37. The molecule has 86 valence electrons. The van der Waals surface area contributed by atoms with E-state index >= 15 is 0 Å². The van der Waals surface area contributed by atoms with Crippen molar-refractivity contribution in [3.05, 3.63) is 29.8 Å². The maximum Gasteiger partial charge on any atom is 0.133 e. The molecule has 0 aliphatic carbocycles. The van der Waals surface area contributed by atoms with E-state index in [0.717, 1.165) is 18.6 Å². The molecule has 1 aromatic rings. The van der Waals surface area contributed by atoms with Crippen LogP contribution in [0.3, 0.4) is 0 Å². The number of hydrogen-bond donors (Lipinski definition) is 0. The smallest absolute Gasteiger partial charge is 0.133 e. The van der Waals surface area contributed by atoms with Crippen LogP contribution in [0.15, 0.2) is 29.2 Å². The van der Waals surface area contributed by atoms with E-state index in [1.54, 1.807) is 0 Å². The SMILES string of the molecule is CCCSc1ccc(CCCSC#N)cc1. The van der Waals surface area contributed by atoms with E-state index in [4.69, 9.17) is 5.26 Å². The molecule has 1 rings (SSSR count). The van der Waals surface area contributed by atoms with Crippen LogP contribution in [0, 0.1) is 10.7 Å². The summed E-state index contributed by atoms with van der Waals surface area (Å²) in [6, 6.07) is 8.81. The van der Waals surface area contributed by atoms with Crippen LogP contribution in [0.25, 0.3) is 0 Å². The molecule has 0 unspecified atom stereocenters. The van der Waals surface area contributed by atoms with Gasteiger partial charge in [-0.2, -0.15) is 5.26 Å². The van der Waals surface area contributed by atoms with Gasteiger partial charge in [0.05, 0.1) is 0 Å². The van der Waals surface area contributed by atoms with Crippen molar-refractivity contribution in [2.24, 2.45) is 0 Å². The molecule has 0 heterocycles. The van der Waals surface area contributed by atoms with E-state index in [0.29, 0.717) is 0 Å². The quantitative estimate of drug-likeness (QED) is 0.409. The predicted molar refractivity (Wildman–Crippen MR) is 73.8 cm³/mol. The highest BCUT2D eigenvalue weighted by Crippen LogP contribution is 2.19. The van der Waals surface area contributed by atoms with Crippen LogP contribution in [0.4, 0.5) is 0 Å². The number of benzene rings is 1. The summed E-state index contributed by atoms with van der Waals surface area (Å²) in [5.41, 5.74) is 1.37. The number of aryl methyl sites for hydroxylation is 1. The van der Waals surface area contributed by atoms with Crippen LogP contribution in [0.5, 0.6) is 0 Å².